The minimum absolute atomic E-state index is 0.0606. The number of rotatable bonds is 4. The van der Waals surface area contributed by atoms with Crippen LogP contribution in [-0.2, 0) is 13.0 Å². The Labute approximate surface area is 141 Å². The number of nitrogens with zero attached hydrogens (tertiary/aromatic N) is 3. The molecule has 0 aliphatic carbocycles. The Hall–Kier alpha value is -3.17. The van der Waals surface area contributed by atoms with Crippen molar-refractivity contribution in [2.75, 3.05) is 18.5 Å². The van der Waals surface area contributed by atoms with Gasteiger partial charge in [-0.05, 0) is 6.07 Å². The molecule has 25 heavy (non-hydrogen) atoms. The van der Waals surface area contributed by atoms with E-state index < -0.39 is 11.6 Å². The molecular formula is C15H16F2N6O2. The highest BCUT2D eigenvalue weighted by Gasteiger charge is 2.44. The first kappa shape index (κ1) is 16.7. The summed E-state index contributed by atoms with van der Waals surface area (Å²) in [5, 5.41) is 2.77. The molecule has 0 atom stereocenters. The number of ether oxygens (including phenoxy) is 1. The molecule has 0 saturated heterocycles. The summed E-state index contributed by atoms with van der Waals surface area (Å²) in [4.78, 5) is 19.1. The van der Waals surface area contributed by atoms with Gasteiger partial charge in [0, 0.05) is 13.2 Å². The summed E-state index contributed by atoms with van der Waals surface area (Å²) in [6.45, 7) is 0.274. The van der Waals surface area contributed by atoms with Gasteiger partial charge >= 0.3 is 11.6 Å². The molecule has 1 aliphatic rings. The standard InChI is InChI=1S/C15H16F2N6O2/c1-23-7-9-12(22-14(23)24)21-11-8(15(9,16)17)3-2-4-10(11)25-6-5-20-13(18)19/h2-4,7H,5-6H2,1H3,(H4,18,19,20)(H,21,22,24). The van der Waals surface area contributed by atoms with E-state index in [0.717, 1.165) is 10.8 Å². The van der Waals surface area contributed by atoms with Gasteiger partial charge in [-0.3, -0.25) is 4.99 Å². The van der Waals surface area contributed by atoms with Crippen molar-refractivity contribution >= 4 is 17.5 Å². The van der Waals surface area contributed by atoms with Gasteiger partial charge in [-0.15, -0.1) is 0 Å². The number of benzene rings is 1. The van der Waals surface area contributed by atoms with Gasteiger partial charge in [0.05, 0.1) is 23.4 Å². The van der Waals surface area contributed by atoms with Crippen LogP contribution in [0.1, 0.15) is 11.1 Å². The third kappa shape index (κ3) is 2.97. The minimum Gasteiger partial charge on any atom is -0.489 e. The van der Waals surface area contributed by atoms with Gasteiger partial charge in [0.2, 0.25) is 0 Å². The number of aryl methyl sites for hydroxylation is 1. The fraction of sp³-hybridized carbons (Fsp3) is 0.267. The average Bonchev–Trinajstić information content (AvgIpc) is 2.54. The molecule has 1 aliphatic heterocycles. The third-order valence-corrected chi connectivity index (χ3v) is 3.68. The zero-order valence-electron chi connectivity index (χ0n) is 13.3. The predicted molar refractivity (Wildman–Crippen MR) is 88.4 cm³/mol. The maximum Gasteiger partial charge on any atom is 0.349 e. The van der Waals surface area contributed by atoms with E-state index in [-0.39, 0.29) is 47.5 Å². The van der Waals surface area contributed by atoms with Gasteiger partial charge in [-0.2, -0.15) is 13.8 Å². The van der Waals surface area contributed by atoms with Gasteiger partial charge in [0.25, 0.3) is 0 Å². The molecule has 3 rings (SSSR count). The van der Waals surface area contributed by atoms with E-state index >= 15 is 0 Å². The van der Waals surface area contributed by atoms with Crippen molar-refractivity contribution in [3.8, 4) is 5.75 Å². The first-order valence-corrected chi connectivity index (χ1v) is 7.35. The molecule has 10 heteroatoms. The lowest BCUT2D eigenvalue weighted by Gasteiger charge is -2.29. The van der Waals surface area contributed by atoms with Crippen LogP contribution in [0.25, 0.3) is 0 Å². The van der Waals surface area contributed by atoms with Crippen molar-refractivity contribution in [1.29, 1.82) is 0 Å². The zero-order chi connectivity index (χ0) is 18.2. The predicted octanol–water partition coefficient (Wildman–Crippen LogP) is 0.630. The van der Waals surface area contributed by atoms with Crippen molar-refractivity contribution in [1.82, 2.24) is 9.55 Å². The highest BCUT2D eigenvalue weighted by Crippen LogP contribution is 2.49. The minimum atomic E-state index is -3.33. The number of halogens is 2. The number of hydrogen-bond acceptors (Lipinski definition) is 5. The van der Waals surface area contributed by atoms with Gasteiger partial charge in [-0.1, -0.05) is 12.1 Å². The number of fused-ring (bicyclic) bond motifs is 2. The second kappa shape index (κ2) is 6.04. The average molecular weight is 350 g/mol. The molecule has 0 amide bonds. The summed E-state index contributed by atoms with van der Waals surface area (Å²) < 4.78 is 36.2. The van der Waals surface area contributed by atoms with Gasteiger partial charge in [0.15, 0.2) is 5.96 Å². The topological polar surface area (TPSA) is 121 Å². The number of para-hydroxylation sites is 1. The number of nitrogens with one attached hydrogen (secondary N) is 1. The van der Waals surface area contributed by atoms with E-state index in [1.807, 2.05) is 0 Å². The monoisotopic (exact) mass is 350 g/mol. The van der Waals surface area contributed by atoms with Crippen molar-refractivity contribution in [3.05, 3.63) is 46.0 Å². The maximum atomic E-state index is 14.9. The molecule has 8 nitrogen and oxygen atoms in total. The van der Waals surface area contributed by atoms with Crippen molar-refractivity contribution in [3.63, 3.8) is 0 Å². The SMILES string of the molecule is Cn1cc2c(nc1=O)Nc1c(OCCN=C(N)N)cccc1C2(F)F. The maximum absolute atomic E-state index is 14.9. The molecule has 0 radical (unpaired) electrons. The molecule has 1 aromatic carbocycles. The van der Waals surface area contributed by atoms with Crippen molar-refractivity contribution in [2.24, 2.45) is 23.5 Å². The molecular weight excluding hydrogens is 334 g/mol. The van der Waals surface area contributed by atoms with Crippen LogP contribution < -0.4 is 27.2 Å². The summed E-state index contributed by atoms with van der Waals surface area (Å²) in [7, 11) is 1.37. The van der Waals surface area contributed by atoms with Crippen LogP contribution in [0.3, 0.4) is 0 Å². The Bertz CT molecular complexity index is 905. The molecule has 0 spiro atoms. The van der Waals surface area contributed by atoms with Crippen LogP contribution in [0, 0.1) is 0 Å². The van der Waals surface area contributed by atoms with Crippen LogP contribution in [-0.4, -0.2) is 28.7 Å². The quantitative estimate of drug-likeness (QED) is 0.422. The van der Waals surface area contributed by atoms with Crippen LogP contribution in [0.5, 0.6) is 5.75 Å². The molecule has 2 aromatic rings. The number of guanidine groups is 1. The molecule has 0 bridgehead atoms. The Morgan fingerprint density at radius 2 is 2.16 bits per heavy atom. The molecule has 0 fully saturated rings. The fourth-order valence-corrected chi connectivity index (χ4v) is 2.51. The molecule has 2 heterocycles. The number of alkyl halides is 2. The first-order valence-electron chi connectivity index (χ1n) is 7.35. The Morgan fingerprint density at radius 3 is 2.88 bits per heavy atom. The Balaban J connectivity index is 1.99. The van der Waals surface area contributed by atoms with E-state index in [9.17, 15) is 13.6 Å². The lowest BCUT2D eigenvalue weighted by Crippen LogP contribution is -2.30. The van der Waals surface area contributed by atoms with Crippen molar-refractivity contribution in [2.45, 2.75) is 5.92 Å². The summed E-state index contributed by atoms with van der Waals surface area (Å²) >= 11 is 0. The van der Waals surface area contributed by atoms with Gasteiger partial charge < -0.3 is 26.1 Å². The summed E-state index contributed by atoms with van der Waals surface area (Å²) in [6, 6.07) is 4.29. The van der Waals surface area contributed by atoms with E-state index in [4.69, 9.17) is 16.2 Å². The lowest BCUT2D eigenvalue weighted by molar-refractivity contribution is 0.0416. The molecule has 5 N–H and O–H groups in total. The Kier molecular flexibility index (Phi) is 4.03. The summed E-state index contributed by atoms with van der Waals surface area (Å²) in [6.07, 6.45) is 1.08. The normalized spacial score (nSPS) is 14.0. The highest BCUT2D eigenvalue weighted by molar-refractivity contribution is 5.76. The van der Waals surface area contributed by atoms with E-state index in [0.29, 0.717) is 0 Å². The molecule has 0 unspecified atom stereocenters. The van der Waals surface area contributed by atoms with Crippen LogP contribution in [0.4, 0.5) is 20.3 Å². The van der Waals surface area contributed by atoms with Crippen LogP contribution in [0.2, 0.25) is 0 Å². The van der Waals surface area contributed by atoms with E-state index in [2.05, 4.69) is 15.3 Å². The van der Waals surface area contributed by atoms with E-state index in [1.165, 1.54) is 25.2 Å². The Morgan fingerprint density at radius 1 is 1.40 bits per heavy atom. The molecule has 1 aromatic heterocycles. The fourth-order valence-electron chi connectivity index (χ4n) is 2.51. The second-order valence-corrected chi connectivity index (χ2v) is 5.43. The number of hydrogen-bond donors (Lipinski definition) is 3. The van der Waals surface area contributed by atoms with E-state index in [1.54, 1.807) is 0 Å². The highest BCUT2D eigenvalue weighted by atomic mass is 19.3. The number of nitrogens with two attached hydrogens (primary N) is 2. The lowest BCUT2D eigenvalue weighted by atomic mass is 9.96. The van der Waals surface area contributed by atoms with Gasteiger partial charge in [0.1, 0.15) is 18.2 Å². The molecule has 132 valence electrons. The first-order chi connectivity index (χ1) is 11.8. The number of anilines is 2. The third-order valence-electron chi connectivity index (χ3n) is 3.68. The van der Waals surface area contributed by atoms with Crippen molar-refractivity contribution < 1.29 is 13.5 Å². The summed E-state index contributed by atoms with van der Waals surface area (Å²) in [5.74, 6) is -3.41. The van der Waals surface area contributed by atoms with Crippen LogP contribution >= 0.6 is 0 Å². The molecule has 0 saturated carbocycles. The van der Waals surface area contributed by atoms with Crippen LogP contribution in [0.15, 0.2) is 34.2 Å². The van der Waals surface area contributed by atoms with Gasteiger partial charge in [-0.25, -0.2) is 4.79 Å². The largest absolute Gasteiger partial charge is 0.489 e. The zero-order valence-corrected chi connectivity index (χ0v) is 13.3. The number of aromatic nitrogens is 2. The summed E-state index contributed by atoms with van der Waals surface area (Å²) in [5.41, 5.74) is 9.22. The smallest absolute Gasteiger partial charge is 0.349 e. The number of aliphatic imine (C=N–C) groups is 1. The second-order valence-electron chi connectivity index (χ2n) is 5.43.